The molecule has 2 atom stereocenters. The maximum atomic E-state index is 12.7. The predicted octanol–water partition coefficient (Wildman–Crippen LogP) is 1.56. The summed E-state index contributed by atoms with van der Waals surface area (Å²) in [6, 6.07) is 7.00. The van der Waals surface area contributed by atoms with Crippen LogP contribution in [0.15, 0.2) is 36.8 Å². The molecule has 8 heteroatoms. The minimum Gasteiger partial charge on any atom is -0.444 e. The molecule has 0 unspecified atom stereocenters. The number of aromatic amines is 1. The topological polar surface area (TPSA) is 98.7 Å². The SMILES string of the molecule is CC(C)(C)OC(=O)N1C[C@@H](c2ccccc2B(O)O)C[C@H]1c1cnc[nH]1. The van der Waals surface area contributed by atoms with Gasteiger partial charge >= 0.3 is 13.2 Å². The average Bonchev–Trinajstić information content (AvgIpc) is 3.22. The van der Waals surface area contributed by atoms with Crippen molar-refractivity contribution in [2.24, 2.45) is 0 Å². The van der Waals surface area contributed by atoms with E-state index in [0.717, 1.165) is 11.3 Å². The van der Waals surface area contributed by atoms with Crippen LogP contribution >= 0.6 is 0 Å². The minimum absolute atomic E-state index is 0.0335. The molecular weight excluding hydrogens is 333 g/mol. The van der Waals surface area contributed by atoms with Crippen LogP contribution in [0.2, 0.25) is 0 Å². The second kappa shape index (κ2) is 7.13. The van der Waals surface area contributed by atoms with Crippen molar-refractivity contribution in [2.75, 3.05) is 6.54 Å². The zero-order valence-corrected chi connectivity index (χ0v) is 15.2. The standard InChI is InChI=1S/C18H24BN3O4/c1-18(2,3)26-17(23)22-10-12(8-16(22)15-9-20-11-21-15)13-6-4-5-7-14(13)19(24)25/h4-7,9,11-12,16,24-25H,8,10H2,1-3H3,(H,20,21)/t12-,16-/m0/s1. The molecule has 0 saturated carbocycles. The summed E-state index contributed by atoms with van der Waals surface area (Å²) >= 11 is 0. The summed E-state index contributed by atoms with van der Waals surface area (Å²) in [7, 11) is -1.55. The molecule has 1 aromatic heterocycles. The van der Waals surface area contributed by atoms with E-state index in [1.54, 1.807) is 29.6 Å². The summed E-state index contributed by atoms with van der Waals surface area (Å²) in [6.45, 7) is 5.94. The third-order valence-electron chi connectivity index (χ3n) is 4.52. The molecular formula is C18H24BN3O4. The highest BCUT2D eigenvalue weighted by Gasteiger charge is 2.40. The fourth-order valence-electron chi connectivity index (χ4n) is 3.45. The Morgan fingerprint density at radius 1 is 1.35 bits per heavy atom. The third kappa shape index (κ3) is 3.91. The molecule has 1 aromatic carbocycles. The Hall–Kier alpha value is -2.32. The van der Waals surface area contributed by atoms with Crippen LogP contribution in [0.4, 0.5) is 4.79 Å². The summed E-state index contributed by atoms with van der Waals surface area (Å²) in [6.07, 6.45) is 3.55. The van der Waals surface area contributed by atoms with Crippen molar-refractivity contribution in [1.29, 1.82) is 0 Å². The Labute approximate surface area is 153 Å². The number of nitrogens with one attached hydrogen (secondary N) is 1. The molecule has 0 bridgehead atoms. The molecule has 0 spiro atoms. The van der Waals surface area contributed by atoms with Crippen LogP contribution in [0.1, 0.15) is 50.4 Å². The van der Waals surface area contributed by atoms with Crippen LogP contribution < -0.4 is 5.46 Å². The first-order valence-electron chi connectivity index (χ1n) is 8.69. The van der Waals surface area contributed by atoms with Gasteiger partial charge in [0.05, 0.1) is 24.3 Å². The molecule has 0 radical (unpaired) electrons. The van der Waals surface area contributed by atoms with E-state index in [2.05, 4.69) is 9.97 Å². The smallest absolute Gasteiger partial charge is 0.444 e. The van der Waals surface area contributed by atoms with Crippen molar-refractivity contribution in [1.82, 2.24) is 14.9 Å². The first-order valence-corrected chi connectivity index (χ1v) is 8.69. The molecule has 2 aromatic rings. The predicted molar refractivity (Wildman–Crippen MR) is 97.9 cm³/mol. The van der Waals surface area contributed by atoms with Gasteiger partial charge in [0.1, 0.15) is 5.60 Å². The van der Waals surface area contributed by atoms with Crippen molar-refractivity contribution in [3.8, 4) is 0 Å². The van der Waals surface area contributed by atoms with E-state index in [-0.39, 0.29) is 18.1 Å². The van der Waals surface area contributed by atoms with E-state index < -0.39 is 12.7 Å². The highest BCUT2D eigenvalue weighted by Crippen LogP contribution is 2.40. The van der Waals surface area contributed by atoms with Crippen LogP contribution in [0, 0.1) is 0 Å². The molecule has 138 valence electrons. The summed E-state index contributed by atoms with van der Waals surface area (Å²) < 4.78 is 5.57. The Kier molecular flexibility index (Phi) is 5.07. The van der Waals surface area contributed by atoms with Crippen LogP contribution in [0.25, 0.3) is 0 Å². The molecule has 3 rings (SSSR count). The van der Waals surface area contributed by atoms with Crippen molar-refractivity contribution >= 4 is 18.7 Å². The summed E-state index contributed by atoms with van der Waals surface area (Å²) in [4.78, 5) is 21.6. The van der Waals surface area contributed by atoms with E-state index >= 15 is 0 Å². The van der Waals surface area contributed by atoms with Crippen LogP contribution in [0.3, 0.4) is 0 Å². The van der Waals surface area contributed by atoms with Gasteiger partial charge in [-0.25, -0.2) is 9.78 Å². The Morgan fingerprint density at radius 2 is 2.08 bits per heavy atom. The Morgan fingerprint density at radius 3 is 2.69 bits per heavy atom. The molecule has 0 aliphatic carbocycles. The number of rotatable bonds is 3. The van der Waals surface area contributed by atoms with E-state index in [1.165, 1.54) is 0 Å². The molecule has 1 aliphatic rings. The van der Waals surface area contributed by atoms with Crippen LogP contribution in [0.5, 0.6) is 0 Å². The number of aromatic nitrogens is 2. The van der Waals surface area contributed by atoms with E-state index in [1.807, 2.05) is 32.9 Å². The van der Waals surface area contributed by atoms with Gasteiger partial charge < -0.3 is 19.8 Å². The zero-order chi connectivity index (χ0) is 18.9. The van der Waals surface area contributed by atoms with Gasteiger partial charge in [-0.05, 0) is 38.2 Å². The largest absolute Gasteiger partial charge is 0.488 e. The number of H-pyrrole nitrogens is 1. The molecule has 1 saturated heterocycles. The lowest BCUT2D eigenvalue weighted by atomic mass is 9.73. The van der Waals surface area contributed by atoms with Crippen molar-refractivity contribution in [3.05, 3.63) is 48.0 Å². The van der Waals surface area contributed by atoms with Gasteiger partial charge in [-0.15, -0.1) is 0 Å². The maximum absolute atomic E-state index is 12.7. The van der Waals surface area contributed by atoms with Gasteiger partial charge in [-0.2, -0.15) is 0 Å². The molecule has 7 nitrogen and oxygen atoms in total. The monoisotopic (exact) mass is 357 g/mol. The van der Waals surface area contributed by atoms with Gasteiger partial charge in [0.25, 0.3) is 0 Å². The highest BCUT2D eigenvalue weighted by atomic mass is 16.6. The lowest BCUT2D eigenvalue weighted by molar-refractivity contribution is 0.0220. The number of hydrogen-bond donors (Lipinski definition) is 3. The molecule has 26 heavy (non-hydrogen) atoms. The van der Waals surface area contributed by atoms with E-state index in [0.29, 0.717) is 18.4 Å². The first-order chi connectivity index (χ1) is 12.3. The molecule has 3 N–H and O–H groups in total. The fourth-order valence-corrected chi connectivity index (χ4v) is 3.45. The summed E-state index contributed by atoms with van der Waals surface area (Å²) in [5, 5.41) is 19.4. The van der Waals surface area contributed by atoms with E-state index in [4.69, 9.17) is 4.74 Å². The van der Waals surface area contributed by atoms with Gasteiger partial charge in [0.2, 0.25) is 0 Å². The number of benzene rings is 1. The van der Waals surface area contributed by atoms with Crippen LogP contribution in [-0.2, 0) is 4.74 Å². The molecule has 1 amide bonds. The quantitative estimate of drug-likeness (QED) is 0.724. The van der Waals surface area contributed by atoms with Crippen molar-refractivity contribution in [2.45, 2.75) is 44.8 Å². The van der Waals surface area contributed by atoms with Gasteiger partial charge in [0.15, 0.2) is 0 Å². The zero-order valence-electron chi connectivity index (χ0n) is 15.2. The fraction of sp³-hybridized carbons (Fsp3) is 0.444. The normalized spacial score (nSPS) is 20.3. The average molecular weight is 357 g/mol. The number of ether oxygens (including phenoxy) is 1. The number of likely N-dealkylation sites (tertiary alicyclic amines) is 1. The molecule has 2 heterocycles. The number of nitrogens with zero attached hydrogens (tertiary/aromatic N) is 2. The lowest BCUT2D eigenvalue weighted by Crippen LogP contribution is -2.37. The van der Waals surface area contributed by atoms with Gasteiger partial charge in [-0.3, -0.25) is 4.90 Å². The van der Waals surface area contributed by atoms with Gasteiger partial charge in [0, 0.05) is 12.5 Å². The summed E-state index contributed by atoms with van der Waals surface area (Å²) in [5.74, 6) is -0.0335. The number of carbonyl (C=O) groups excluding carboxylic acids is 1. The highest BCUT2D eigenvalue weighted by molar-refractivity contribution is 6.59. The lowest BCUT2D eigenvalue weighted by Gasteiger charge is -2.28. The maximum Gasteiger partial charge on any atom is 0.488 e. The first kappa shape index (κ1) is 18.5. The van der Waals surface area contributed by atoms with Gasteiger partial charge in [-0.1, -0.05) is 24.3 Å². The third-order valence-corrected chi connectivity index (χ3v) is 4.52. The summed E-state index contributed by atoms with van der Waals surface area (Å²) in [5.41, 5.74) is 1.54. The van der Waals surface area contributed by atoms with E-state index in [9.17, 15) is 14.8 Å². The number of hydrogen-bond acceptors (Lipinski definition) is 5. The Balaban J connectivity index is 1.91. The Bertz CT molecular complexity index is 758. The second-order valence-electron chi connectivity index (χ2n) is 7.59. The number of carbonyl (C=O) groups is 1. The number of amides is 1. The van der Waals surface area contributed by atoms with Crippen molar-refractivity contribution in [3.63, 3.8) is 0 Å². The second-order valence-corrected chi connectivity index (χ2v) is 7.59. The van der Waals surface area contributed by atoms with Crippen LogP contribution in [-0.4, -0.2) is 50.3 Å². The number of imidazole rings is 1. The van der Waals surface area contributed by atoms with Crippen molar-refractivity contribution < 1.29 is 19.6 Å². The molecule has 1 aliphatic heterocycles. The minimum atomic E-state index is -1.55. The molecule has 1 fully saturated rings.